The number of benzene rings is 3. The van der Waals surface area contributed by atoms with E-state index in [2.05, 4.69) is 45.4 Å². The molecule has 30 heteroatoms. The van der Waals surface area contributed by atoms with Crippen molar-refractivity contribution in [3.63, 3.8) is 0 Å². The average molecular weight is 1410 g/mol. The monoisotopic (exact) mass is 1410 g/mol. The molecule has 0 radical (unpaired) electrons. The topological polar surface area (TPSA) is 386 Å². The van der Waals surface area contributed by atoms with Crippen molar-refractivity contribution in [2.75, 3.05) is 55.4 Å². The number of anilines is 3. The second kappa shape index (κ2) is 28.9. The van der Waals surface area contributed by atoms with Gasteiger partial charge in [-0.3, -0.25) is 48.2 Å². The molecule has 4 saturated carbocycles. The quantitative estimate of drug-likeness (QED) is 0.0135. The number of thiazole rings is 1. The number of amides is 9. The number of carboxylic acids is 1. The van der Waals surface area contributed by atoms with Crippen molar-refractivity contribution in [3.05, 3.63) is 131 Å². The standard InChI is InChI=1S/C70H83N13O15S2/c1-41(2)57(78-61(88)53(100(94,95)96)25-28-82-55(84)22-23-56(82)85)62(89)75-51(14-10-26-72-64(71)92)60(87)74-45-18-16-43(17-19-45)33-97-66(93)80(6)29-30-98-70-37-67(4)34-68(5,38-70)36-69(35-67,39-70)40-83-42(3)48(31-73-83)46-20-21-54(77-58(46)63(90)91)81-27-24-44-11-9-12-47(49(44)32-81)59(86)79-65-76-50-13-7-8-15-52(50)99-65/h7-9,11-13,15-23,31,41,51,53,57H,10,14,24-30,32-40H2,1-6H3,(H,74,87)(H,75,89)(H,78,88)(H,90,91)(H3,71,72,92)(H,76,79,86)(H,94,95,96)/t51-,53+,57-,67?,68?,69?,70?/m0/s1. The van der Waals surface area contributed by atoms with Gasteiger partial charge < -0.3 is 51.4 Å². The third-order valence-electron chi connectivity index (χ3n) is 19.7. The predicted octanol–water partition coefficient (Wildman–Crippen LogP) is 7.36. The summed E-state index contributed by atoms with van der Waals surface area (Å²) in [5.41, 5.74) is 10.5. The van der Waals surface area contributed by atoms with Crippen LogP contribution in [0.1, 0.15) is 129 Å². The van der Waals surface area contributed by atoms with E-state index in [0.717, 1.165) is 77.7 Å². The molecule has 100 heavy (non-hydrogen) atoms. The highest BCUT2D eigenvalue weighted by Crippen LogP contribution is 2.72. The molecule has 6 aromatic rings. The van der Waals surface area contributed by atoms with Crippen LogP contribution in [-0.2, 0) is 69.7 Å². The molecule has 0 spiro atoms. The fourth-order valence-electron chi connectivity index (χ4n) is 16.2. The largest absolute Gasteiger partial charge is 0.476 e. The van der Waals surface area contributed by atoms with E-state index >= 15 is 0 Å². The zero-order valence-electron chi connectivity index (χ0n) is 56.5. The number of nitrogens with zero attached hydrogens (tertiary/aromatic N) is 7. The van der Waals surface area contributed by atoms with Gasteiger partial charge in [0.25, 0.3) is 27.8 Å². The Bertz CT molecular complexity index is 4290. The maximum Gasteiger partial charge on any atom is 0.409 e. The number of aromatic carboxylic acids is 1. The Kier molecular flexibility index (Phi) is 20.7. The number of fused-ring (bicyclic) bond motifs is 2. The number of carbonyl (C=O) groups excluding carboxylic acids is 8. The third kappa shape index (κ3) is 16.1. The van der Waals surface area contributed by atoms with E-state index in [-0.39, 0.29) is 67.0 Å². The minimum absolute atomic E-state index is 0.0190. The average Bonchev–Trinajstić information content (AvgIpc) is 0.753. The lowest BCUT2D eigenvalue weighted by Crippen LogP contribution is -2.64. The number of primary amides is 1. The van der Waals surface area contributed by atoms with Gasteiger partial charge in [0.1, 0.15) is 24.5 Å². The van der Waals surface area contributed by atoms with Crippen molar-refractivity contribution >= 4 is 102 Å². The Morgan fingerprint density at radius 3 is 2.22 bits per heavy atom. The normalized spacial score (nSPS) is 21.5. The van der Waals surface area contributed by atoms with Gasteiger partial charge in [-0.1, -0.05) is 75.4 Å². The van der Waals surface area contributed by atoms with Crippen LogP contribution in [-0.4, -0.2) is 164 Å². The van der Waals surface area contributed by atoms with E-state index in [9.17, 15) is 61.2 Å². The Labute approximate surface area is 581 Å². The number of urea groups is 1. The predicted molar refractivity (Wildman–Crippen MR) is 370 cm³/mol. The first-order valence-electron chi connectivity index (χ1n) is 33.3. The van der Waals surface area contributed by atoms with Gasteiger partial charge in [0, 0.05) is 86.5 Å². The summed E-state index contributed by atoms with van der Waals surface area (Å²) in [5.74, 6) is -5.97. The molecule has 6 aliphatic rings. The molecular formula is C70H83N13O15S2. The van der Waals surface area contributed by atoms with Gasteiger partial charge in [-0.2, -0.15) is 13.5 Å². The number of aromatic nitrogens is 4. The van der Waals surface area contributed by atoms with Crippen LogP contribution in [0.15, 0.2) is 97.2 Å². The smallest absolute Gasteiger partial charge is 0.409 e. The Morgan fingerprint density at radius 2 is 1.54 bits per heavy atom. The van der Waals surface area contributed by atoms with E-state index in [0.29, 0.717) is 69.8 Å². The summed E-state index contributed by atoms with van der Waals surface area (Å²) in [4.78, 5) is 131. The summed E-state index contributed by atoms with van der Waals surface area (Å²) < 4.78 is 50.4. The maximum absolute atomic E-state index is 13.8. The van der Waals surface area contributed by atoms with Crippen molar-refractivity contribution in [2.24, 2.45) is 27.9 Å². The molecule has 530 valence electrons. The lowest BCUT2D eigenvalue weighted by atomic mass is 9.39. The number of carboxylic acid groups (broad SMARTS) is 1. The number of imide groups is 1. The number of ether oxygens (including phenoxy) is 2. The third-order valence-corrected chi connectivity index (χ3v) is 21.8. The highest BCUT2D eigenvalue weighted by Gasteiger charge is 2.66. The van der Waals surface area contributed by atoms with Gasteiger partial charge in [0.15, 0.2) is 16.1 Å². The van der Waals surface area contributed by atoms with E-state index in [1.165, 1.54) is 16.2 Å². The minimum Gasteiger partial charge on any atom is -0.476 e. The number of nitrogens with two attached hydrogens (primary N) is 1. The molecule has 9 amide bonds. The number of likely N-dealkylation sites (N-methyl/N-ethyl adjacent to an activating group) is 1. The van der Waals surface area contributed by atoms with Crippen LogP contribution < -0.4 is 37.2 Å². The molecule has 3 aromatic carbocycles. The fraction of sp³-hybridized carbons (Fsp3) is 0.457. The van der Waals surface area contributed by atoms with Crippen molar-refractivity contribution in [1.82, 2.24) is 45.5 Å². The first-order valence-corrected chi connectivity index (χ1v) is 35.6. The highest BCUT2D eigenvalue weighted by molar-refractivity contribution is 7.87. The zero-order chi connectivity index (χ0) is 71.6. The summed E-state index contributed by atoms with van der Waals surface area (Å²) in [6.07, 6.45) is 8.68. The second-order valence-electron chi connectivity index (χ2n) is 28.3. The molecule has 5 atom stereocenters. The van der Waals surface area contributed by atoms with Crippen LogP contribution in [0.5, 0.6) is 0 Å². The van der Waals surface area contributed by atoms with Gasteiger partial charge in [0.05, 0.1) is 28.6 Å². The molecular weight excluding hydrogens is 1330 g/mol. The number of hydrogen-bond donors (Lipinski definition) is 8. The van der Waals surface area contributed by atoms with Gasteiger partial charge in [-0.25, -0.2) is 24.4 Å². The number of hydrogen-bond acceptors (Lipinski definition) is 18. The summed E-state index contributed by atoms with van der Waals surface area (Å²) in [7, 11) is -3.47. The number of rotatable bonds is 28. The highest BCUT2D eigenvalue weighted by atomic mass is 32.2. The number of carbonyl (C=O) groups is 9. The Morgan fingerprint density at radius 1 is 0.820 bits per heavy atom. The lowest BCUT2D eigenvalue weighted by molar-refractivity contribution is -0.248. The van der Waals surface area contributed by atoms with E-state index < -0.39 is 99.6 Å². The van der Waals surface area contributed by atoms with Crippen LogP contribution in [0.3, 0.4) is 0 Å². The summed E-state index contributed by atoms with van der Waals surface area (Å²) in [6.45, 7) is 11.2. The summed E-state index contributed by atoms with van der Waals surface area (Å²) >= 11 is 1.41. The first-order chi connectivity index (χ1) is 47.4. The molecule has 4 fully saturated rings. The SMILES string of the molecule is Cc1c(-c2ccc(N3CCc4cccc(C(=O)Nc5nc6ccccc6s5)c4C3)nc2C(=O)O)cnn1CC12CC3(C)CC(C)(C1)CC(OCCN(C)C(=O)OCc1ccc(NC(=O)[C@H](CCCNC(N)=O)NC(=O)[C@@H](NC(=O)[C@@H](CCN4C(=O)C=CC4=O)S(=O)(=O)O)C(C)C)cc1)(C3)C2. The van der Waals surface area contributed by atoms with Crippen LogP contribution in [0, 0.1) is 29.1 Å². The summed E-state index contributed by atoms with van der Waals surface area (Å²) in [6, 6.07) is 19.9. The van der Waals surface area contributed by atoms with Crippen molar-refractivity contribution in [1.29, 1.82) is 0 Å². The molecule has 12 rings (SSSR count). The molecule has 2 aliphatic heterocycles. The molecule has 4 bridgehead atoms. The van der Waals surface area contributed by atoms with Crippen LogP contribution in [0.4, 0.5) is 26.2 Å². The first kappa shape index (κ1) is 71.6. The molecule has 3 aromatic heterocycles. The summed E-state index contributed by atoms with van der Waals surface area (Å²) in [5, 5.41) is 27.1. The van der Waals surface area contributed by atoms with Crippen LogP contribution in [0.2, 0.25) is 0 Å². The molecule has 28 nitrogen and oxygen atoms in total. The number of pyridine rings is 1. The van der Waals surface area contributed by atoms with Crippen LogP contribution in [0.25, 0.3) is 21.3 Å². The van der Waals surface area contributed by atoms with Gasteiger partial charge in [-0.05, 0) is 152 Å². The Balaban J connectivity index is 0.679. The van der Waals surface area contributed by atoms with E-state index in [1.54, 1.807) is 57.4 Å². The number of nitrogens with one attached hydrogen (secondary N) is 5. The van der Waals surface area contributed by atoms with E-state index in [1.807, 2.05) is 65.0 Å². The molecule has 0 saturated heterocycles. The molecule has 5 heterocycles. The molecule has 4 aliphatic carbocycles. The van der Waals surface area contributed by atoms with Crippen molar-refractivity contribution < 1.29 is 70.7 Å². The minimum atomic E-state index is -5.11. The maximum atomic E-state index is 13.8. The van der Waals surface area contributed by atoms with Gasteiger partial charge >= 0.3 is 18.1 Å². The fourth-order valence-corrected chi connectivity index (χ4v) is 17.8. The van der Waals surface area contributed by atoms with Gasteiger partial charge in [-0.15, -0.1) is 0 Å². The molecule has 2 unspecified atom stereocenters. The van der Waals surface area contributed by atoms with Crippen LogP contribution >= 0.6 is 11.3 Å². The van der Waals surface area contributed by atoms with Crippen molar-refractivity contribution in [3.8, 4) is 11.1 Å². The van der Waals surface area contributed by atoms with Crippen molar-refractivity contribution in [2.45, 2.75) is 141 Å². The second-order valence-corrected chi connectivity index (χ2v) is 30.9. The van der Waals surface area contributed by atoms with E-state index in [4.69, 9.17) is 25.3 Å². The van der Waals surface area contributed by atoms with Gasteiger partial charge in [0.2, 0.25) is 17.7 Å². The number of para-hydroxylation sites is 1. The zero-order valence-corrected chi connectivity index (χ0v) is 58.1. The lowest BCUT2D eigenvalue weighted by Gasteiger charge is -2.69. The molecule has 9 N–H and O–H groups in total. The Hall–Kier alpha value is -9.65.